The van der Waals surface area contributed by atoms with Gasteiger partial charge in [-0.25, -0.2) is 0 Å². The van der Waals surface area contributed by atoms with E-state index in [-0.39, 0.29) is 5.91 Å². The summed E-state index contributed by atoms with van der Waals surface area (Å²) in [6.07, 6.45) is 4.11. The predicted molar refractivity (Wildman–Crippen MR) is 92.0 cm³/mol. The predicted octanol–water partition coefficient (Wildman–Crippen LogP) is 4.20. The van der Waals surface area contributed by atoms with Crippen LogP contribution in [0.15, 0.2) is 47.4 Å². The van der Waals surface area contributed by atoms with Crippen molar-refractivity contribution in [3.05, 3.63) is 52.9 Å². The smallest absolute Gasteiger partial charge is 0.266 e. The van der Waals surface area contributed by atoms with Gasteiger partial charge >= 0.3 is 0 Å². The molecule has 0 bridgehead atoms. The number of carbonyl (C=O) groups excluding carboxylic acids is 1. The Bertz CT molecular complexity index is 792. The highest BCUT2D eigenvalue weighted by Crippen LogP contribution is 2.40. The summed E-state index contributed by atoms with van der Waals surface area (Å²) in [5, 5.41) is 2.39. The van der Waals surface area contributed by atoms with Crippen molar-refractivity contribution in [2.45, 2.75) is 18.9 Å². The Labute approximate surface area is 132 Å². The Morgan fingerprint density at radius 3 is 2.67 bits per heavy atom. The first kappa shape index (κ1) is 13.0. The van der Waals surface area contributed by atoms with E-state index in [1.807, 2.05) is 24.3 Å². The summed E-state index contributed by atoms with van der Waals surface area (Å²) in [5.41, 5.74) is 1.05. The molecule has 104 valence electrons. The quantitative estimate of drug-likeness (QED) is 0.612. The Morgan fingerprint density at radius 1 is 1.14 bits per heavy atom. The van der Waals surface area contributed by atoms with E-state index in [0.717, 1.165) is 23.3 Å². The van der Waals surface area contributed by atoms with Gasteiger partial charge in [0.05, 0.1) is 4.91 Å². The molecule has 0 aromatic heterocycles. The summed E-state index contributed by atoms with van der Waals surface area (Å²) in [4.78, 5) is 14.9. The normalized spacial score (nSPS) is 20.8. The summed E-state index contributed by atoms with van der Waals surface area (Å²) >= 11 is 6.75. The van der Waals surface area contributed by atoms with E-state index < -0.39 is 0 Å². The molecule has 2 nitrogen and oxygen atoms in total. The summed E-state index contributed by atoms with van der Waals surface area (Å²) in [6.45, 7) is 0. The minimum absolute atomic E-state index is 0.0701. The molecule has 1 saturated heterocycles. The van der Waals surface area contributed by atoms with Gasteiger partial charge in [0, 0.05) is 6.04 Å². The van der Waals surface area contributed by atoms with E-state index in [9.17, 15) is 4.79 Å². The van der Waals surface area contributed by atoms with E-state index in [1.165, 1.54) is 22.5 Å². The van der Waals surface area contributed by atoms with Crippen LogP contribution in [0.3, 0.4) is 0 Å². The van der Waals surface area contributed by atoms with Crippen LogP contribution >= 0.6 is 24.0 Å². The van der Waals surface area contributed by atoms with Crippen molar-refractivity contribution in [3.8, 4) is 0 Å². The van der Waals surface area contributed by atoms with Crippen molar-refractivity contribution >= 4 is 51.1 Å². The summed E-state index contributed by atoms with van der Waals surface area (Å²) < 4.78 is 0.703. The van der Waals surface area contributed by atoms with Crippen LogP contribution in [0.1, 0.15) is 18.4 Å². The van der Waals surface area contributed by atoms with Crippen LogP contribution in [0, 0.1) is 0 Å². The third-order valence-corrected chi connectivity index (χ3v) is 5.14. The van der Waals surface area contributed by atoms with Gasteiger partial charge in [0.1, 0.15) is 4.32 Å². The maximum atomic E-state index is 12.4. The molecular formula is C17H13NOS2. The van der Waals surface area contributed by atoms with Crippen molar-refractivity contribution in [2.75, 3.05) is 0 Å². The Hall–Kier alpha value is -1.65. The third kappa shape index (κ3) is 2.39. The molecule has 4 rings (SSSR count). The molecule has 1 aliphatic carbocycles. The minimum Gasteiger partial charge on any atom is -0.290 e. The molecule has 0 radical (unpaired) electrons. The van der Waals surface area contributed by atoms with Crippen molar-refractivity contribution in [1.82, 2.24) is 4.90 Å². The standard InChI is InChI=1S/C17H13NOS2/c19-16-15(21-17(20)18(16)14-7-8-14)10-11-5-6-12-3-1-2-4-13(12)9-11/h1-6,9-10,14H,7-8H2/b15-10+. The molecule has 1 heterocycles. The van der Waals surface area contributed by atoms with Gasteiger partial charge in [-0.15, -0.1) is 0 Å². The molecule has 2 aromatic carbocycles. The molecule has 2 fully saturated rings. The van der Waals surface area contributed by atoms with Gasteiger partial charge in [0.2, 0.25) is 0 Å². The molecule has 2 aliphatic rings. The maximum absolute atomic E-state index is 12.4. The van der Waals surface area contributed by atoms with Gasteiger partial charge in [-0.2, -0.15) is 0 Å². The zero-order chi connectivity index (χ0) is 14.4. The maximum Gasteiger partial charge on any atom is 0.266 e. The number of thioether (sulfide) groups is 1. The SMILES string of the molecule is O=C1/C(=C\c2ccc3ccccc3c2)SC(=S)N1C1CC1. The highest BCUT2D eigenvalue weighted by atomic mass is 32.2. The van der Waals surface area contributed by atoms with E-state index in [0.29, 0.717) is 10.4 Å². The van der Waals surface area contributed by atoms with Gasteiger partial charge in [-0.1, -0.05) is 60.4 Å². The molecule has 0 unspecified atom stereocenters. The van der Waals surface area contributed by atoms with Crippen LogP contribution in [0.5, 0.6) is 0 Å². The fraction of sp³-hybridized carbons (Fsp3) is 0.176. The van der Waals surface area contributed by atoms with Crippen LogP contribution in [0.2, 0.25) is 0 Å². The molecule has 0 spiro atoms. The van der Waals surface area contributed by atoms with Gasteiger partial charge in [0.15, 0.2) is 0 Å². The van der Waals surface area contributed by atoms with Crippen molar-refractivity contribution in [3.63, 3.8) is 0 Å². The Kier molecular flexibility index (Phi) is 3.08. The monoisotopic (exact) mass is 311 g/mol. The lowest BCUT2D eigenvalue weighted by Crippen LogP contribution is -2.30. The topological polar surface area (TPSA) is 20.3 Å². The third-order valence-electron chi connectivity index (χ3n) is 3.81. The number of nitrogens with zero attached hydrogens (tertiary/aromatic N) is 1. The Balaban J connectivity index is 1.69. The van der Waals surface area contributed by atoms with Crippen molar-refractivity contribution in [1.29, 1.82) is 0 Å². The highest BCUT2D eigenvalue weighted by Gasteiger charge is 2.41. The zero-order valence-corrected chi connectivity index (χ0v) is 12.9. The van der Waals surface area contributed by atoms with E-state index >= 15 is 0 Å². The molecule has 1 amide bonds. The Morgan fingerprint density at radius 2 is 1.90 bits per heavy atom. The molecule has 2 aromatic rings. The van der Waals surface area contributed by atoms with Crippen LogP contribution in [0.25, 0.3) is 16.8 Å². The highest BCUT2D eigenvalue weighted by molar-refractivity contribution is 8.26. The van der Waals surface area contributed by atoms with E-state index in [1.54, 1.807) is 4.90 Å². The first-order valence-electron chi connectivity index (χ1n) is 6.98. The second-order valence-electron chi connectivity index (χ2n) is 5.39. The number of amides is 1. The molecular weight excluding hydrogens is 298 g/mol. The van der Waals surface area contributed by atoms with Crippen LogP contribution < -0.4 is 0 Å². The summed E-state index contributed by atoms with van der Waals surface area (Å²) in [7, 11) is 0. The van der Waals surface area contributed by atoms with Crippen molar-refractivity contribution < 1.29 is 4.79 Å². The molecule has 1 aliphatic heterocycles. The fourth-order valence-electron chi connectivity index (χ4n) is 2.58. The molecule has 4 heteroatoms. The van der Waals surface area contributed by atoms with Gasteiger partial charge in [-0.3, -0.25) is 9.69 Å². The van der Waals surface area contributed by atoms with E-state index in [4.69, 9.17) is 12.2 Å². The number of hydrogen-bond donors (Lipinski definition) is 0. The molecule has 0 N–H and O–H groups in total. The first-order chi connectivity index (χ1) is 10.2. The van der Waals surface area contributed by atoms with Crippen LogP contribution in [-0.2, 0) is 4.79 Å². The minimum atomic E-state index is 0.0701. The van der Waals surface area contributed by atoms with Gasteiger partial charge in [-0.05, 0) is 41.3 Å². The van der Waals surface area contributed by atoms with E-state index in [2.05, 4.69) is 24.3 Å². The largest absolute Gasteiger partial charge is 0.290 e. The average molecular weight is 311 g/mol. The molecule has 21 heavy (non-hydrogen) atoms. The number of carbonyl (C=O) groups is 1. The van der Waals surface area contributed by atoms with Crippen LogP contribution in [0.4, 0.5) is 0 Å². The summed E-state index contributed by atoms with van der Waals surface area (Å²) in [5.74, 6) is 0.0701. The molecule has 1 saturated carbocycles. The van der Waals surface area contributed by atoms with Gasteiger partial charge < -0.3 is 0 Å². The fourth-order valence-corrected chi connectivity index (χ4v) is 3.98. The van der Waals surface area contributed by atoms with Crippen molar-refractivity contribution in [2.24, 2.45) is 0 Å². The lowest BCUT2D eigenvalue weighted by molar-refractivity contribution is -0.122. The summed E-state index contributed by atoms with van der Waals surface area (Å²) in [6, 6.07) is 14.8. The van der Waals surface area contributed by atoms with Gasteiger partial charge in [0.25, 0.3) is 5.91 Å². The number of benzene rings is 2. The second-order valence-corrected chi connectivity index (χ2v) is 7.07. The van der Waals surface area contributed by atoms with Crippen LogP contribution in [-0.4, -0.2) is 21.2 Å². The number of thiocarbonyl (C=S) groups is 1. The number of hydrogen-bond acceptors (Lipinski definition) is 3. The zero-order valence-electron chi connectivity index (χ0n) is 11.3. The lowest BCUT2D eigenvalue weighted by atomic mass is 10.1. The lowest BCUT2D eigenvalue weighted by Gasteiger charge is -2.11. The second kappa shape index (κ2) is 4.97. The number of rotatable bonds is 2. The molecule has 0 atom stereocenters. The average Bonchev–Trinajstić information content (AvgIpc) is 3.27. The first-order valence-corrected chi connectivity index (χ1v) is 8.21. The number of fused-ring (bicyclic) bond motifs is 1.